The fourth-order valence-electron chi connectivity index (χ4n) is 2.35. The van der Waals surface area contributed by atoms with E-state index >= 15 is 0 Å². The molecule has 0 bridgehead atoms. The Labute approximate surface area is 107 Å². The standard InChI is InChI=1S/C12H21N3OS/c1-10-11(17-9-14-10)7-15(2)12(8-13)3-5-16-6-4-12/h9H,3-8,13H2,1-2H3. The average molecular weight is 255 g/mol. The van der Waals surface area contributed by atoms with Gasteiger partial charge in [0.15, 0.2) is 0 Å². The third-order valence-corrected chi connectivity index (χ3v) is 4.76. The first-order valence-electron chi connectivity index (χ1n) is 6.06. The van der Waals surface area contributed by atoms with Crippen molar-refractivity contribution in [2.75, 3.05) is 26.8 Å². The lowest BCUT2D eigenvalue weighted by Crippen LogP contribution is -2.54. The maximum atomic E-state index is 6.00. The second kappa shape index (κ2) is 5.44. The summed E-state index contributed by atoms with van der Waals surface area (Å²) >= 11 is 1.73. The Kier molecular flexibility index (Phi) is 4.14. The summed E-state index contributed by atoms with van der Waals surface area (Å²) in [6.45, 7) is 5.35. The number of thiazole rings is 1. The summed E-state index contributed by atoms with van der Waals surface area (Å²) < 4.78 is 5.44. The molecule has 2 N–H and O–H groups in total. The summed E-state index contributed by atoms with van der Waals surface area (Å²) in [6, 6.07) is 0. The van der Waals surface area contributed by atoms with Crippen LogP contribution in [0.5, 0.6) is 0 Å². The van der Waals surface area contributed by atoms with Crippen molar-refractivity contribution in [2.45, 2.75) is 31.8 Å². The van der Waals surface area contributed by atoms with E-state index in [2.05, 4.69) is 23.9 Å². The molecule has 96 valence electrons. The fourth-order valence-corrected chi connectivity index (χ4v) is 3.18. The first kappa shape index (κ1) is 13.0. The number of hydrogen-bond donors (Lipinski definition) is 1. The minimum atomic E-state index is 0.106. The minimum absolute atomic E-state index is 0.106. The summed E-state index contributed by atoms with van der Waals surface area (Å²) in [5, 5.41) is 0. The maximum Gasteiger partial charge on any atom is 0.0798 e. The Bertz CT molecular complexity index is 360. The number of hydrogen-bond acceptors (Lipinski definition) is 5. The van der Waals surface area contributed by atoms with Gasteiger partial charge in [-0.15, -0.1) is 11.3 Å². The van der Waals surface area contributed by atoms with Crippen LogP contribution in [0.3, 0.4) is 0 Å². The van der Waals surface area contributed by atoms with E-state index in [-0.39, 0.29) is 5.54 Å². The molecular weight excluding hydrogens is 234 g/mol. The number of nitrogens with zero attached hydrogens (tertiary/aromatic N) is 2. The normalized spacial score (nSPS) is 19.8. The van der Waals surface area contributed by atoms with E-state index < -0.39 is 0 Å². The van der Waals surface area contributed by atoms with E-state index in [0.29, 0.717) is 6.54 Å². The molecule has 1 aliphatic heterocycles. The third-order valence-electron chi connectivity index (χ3n) is 3.84. The Morgan fingerprint density at radius 1 is 1.53 bits per heavy atom. The van der Waals surface area contributed by atoms with Gasteiger partial charge in [-0.3, -0.25) is 4.90 Å². The smallest absolute Gasteiger partial charge is 0.0798 e. The van der Waals surface area contributed by atoms with Gasteiger partial charge in [0.25, 0.3) is 0 Å². The minimum Gasteiger partial charge on any atom is -0.381 e. The molecule has 0 unspecified atom stereocenters. The van der Waals surface area contributed by atoms with E-state index in [1.54, 1.807) is 11.3 Å². The van der Waals surface area contributed by atoms with Crippen LogP contribution in [0.1, 0.15) is 23.4 Å². The largest absolute Gasteiger partial charge is 0.381 e. The molecule has 0 spiro atoms. The molecule has 1 aromatic heterocycles. The summed E-state index contributed by atoms with van der Waals surface area (Å²) in [5.41, 5.74) is 9.16. The highest BCUT2D eigenvalue weighted by atomic mass is 32.1. The van der Waals surface area contributed by atoms with Crippen LogP contribution in [0.15, 0.2) is 5.51 Å². The van der Waals surface area contributed by atoms with Crippen LogP contribution >= 0.6 is 11.3 Å². The molecule has 17 heavy (non-hydrogen) atoms. The number of aromatic nitrogens is 1. The van der Waals surface area contributed by atoms with Crippen LogP contribution in [-0.2, 0) is 11.3 Å². The van der Waals surface area contributed by atoms with Crippen LogP contribution in [0.25, 0.3) is 0 Å². The first-order valence-corrected chi connectivity index (χ1v) is 6.94. The van der Waals surface area contributed by atoms with Gasteiger partial charge in [0.05, 0.1) is 11.2 Å². The molecule has 0 amide bonds. The molecule has 2 rings (SSSR count). The van der Waals surface area contributed by atoms with Gasteiger partial charge in [-0.1, -0.05) is 0 Å². The number of ether oxygens (including phenoxy) is 1. The maximum absolute atomic E-state index is 6.00. The predicted octanol–water partition coefficient (Wildman–Crippen LogP) is 1.39. The fraction of sp³-hybridized carbons (Fsp3) is 0.750. The van der Waals surface area contributed by atoms with Gasteiger partial charge >= 0.3 is 0 Å². The van der Waals surface area contributed by atoms with Crippen molar-refractivity contribution in [3.05, 3.63) is 16.1 Å². The lowest BCUT2D eigenvalue weighted by Gasteiger charge is -2.43. The van der Waals surface area contributed by atoms with Crippen molar-refractivity contribution in [3.63, 3.8) is 0 Å². The van der Waals surface area contributed by atoms with Gasteiger partial charge in [0.1, 0.15) is 0 Å². The van der Waals surface area contributed by atoms with Crippen molar-refractivity contribution in [3.8, 4) is 0 Å². The molecule has 1 fully saturated rings. The monoisotopic (exact) mass is 255 g/mol. The van der Waals surface area contributed by atoms with Crippen molar-refractivity contribution >= 4 is 11.3 Å². The summed E-state index contributed by atoms with van der Waals surface area (Å²) in [6.07, 6.45) is 2.05. The molecule has 1 aliphatic rings. The van der Waals surface area contributed by atoms with Crippen molar-refractivity contribution < 1.29 is 4.74 Å². The molecule has 5 heteroatoms. The molecule has 1 aromatic rings. The Morgan fingerprint density at radius 2 is 2.24 bits per heavy atom. The molecule has 4 nitrogen and oxygen atoms in total. The van der Waals surface area contributed by atoms with Gasteiger partial charge in [0.2, 0.25) is 0 Å². The second-order valence-corrected chi connectivity index (χ2v) is 5.70. The number of likely N-dealkylation sites (N-methyl/N-ethyl adjacent to an activating group) is 1. The predicted molar refractivity (Wildman–Crippen MR) is 70.2 cm³/mol. The summed E-state index contributed by atoms with van der Waals surface area (Å²) in [4.78, 5) is 8.02. The number of rotatable bonds is 4. The van der Waals surface area contributed by atoms with E-state index in [0.717, 1.165) is 38.3 Å². The van der Waals surface area contributed by atoms with Crippen molar-refractivity contribution in [1.29, 1.82) is 0 Å². The quantitative estimate of drug-likeness (QED) is 0.883. The van der Waals surface area contributed by atoms with Gasteiger partial charge in [0, 0.05) is 36.7 Å². The van der Waals surface area contributed by atoms with Crippen LogP contribution in [0.2, 0.25) is 0 Å². The molecule has 0 saturated carbocycles. The van der Waals surface area contributed by atoms with E-state index in [1.807, 2.05) is 5.51 Å². The zero-order chi connectivity index (χ0) is 12.3. The summed E-state index contributed by atoms with van der Waals surface area (Å²) in [5.74, 6) is 0. The molecule has 0 atom stereocenters. The zero-order valence-corrected chi connectivity index (χ0v) is 11.4. The van der Waals surface area contributed by atoms with E-state index in [9.17, 15) is 0 Å². The lowest BCUT2D eigenvalue weighted by molar-refractivity contribution is -0.0160. The lowest BCUT2D eigenvalue weighted by atomic mass is 9.88. The highest BCUT2D eigenvalue weighted by molar-refractivity contribution is 7.09. The van der Waals surface area contributed by atoms with Gasteiger partial charge in [-0.2, -0.15) is 0 Å². The number of aryl methyl sites for hydroxylation is 1. The molecule has 0 radical (unpaired) electrons. The summed E-state index contributed by atoms with van der Waals surface area (Å²) in [7, 11) is 2.16. The Morgan fingerprint density at radius 3 is 2.76 bits per heavy atom. The molecule has 2 heterocycles. The molecule has 1 saturated heterocycles. The van der Waals surface area contributed by atoms with Crippen molar-refractivity contribution in [1.82, 2.24) is 9.88 Å². The average Bonchev–Trinajstić information content (AvgIpc) is 2.76. The molecular formula is C12H21N3OS. The third kappa shape index (κ3) is 2.68. The van der Waals surface area contributed by atoms with Crippen LogP contribution < -0.4 is 5.73 Å². The van der Waals surface area contributed by atoms with Crippen molar-refractivity contribution in [2.24, 2.45) is 5.73 Å². The van der Waals surface area contributed by atoms with E-state index in [1.165, 1.54) is 4.88 Å². The Balaban J connectivity index is 2.07. The van der Waals surface area contributed by atoms with E-state index in [4.69, 9.17) is 10.5 Å². The highest BCUT2D eigenvalue weighted by Crippen LogP contribution is 2.28. The Hall–Kier alpha value is -0.490. The van der Waals surface area contributed by atoms with Crippen LogP contribution in [0.4, 0.5) is 0 Å². The second-order valence-electron chi connectivity index (χ2n) is 4.76. The highest BCUT2D eigenvalue weighted by Gasteiger charge is 2.35. The van der Waals surface area contributed by atoms with Gasteiger partial charge in [-0.05, 0) is 26.8 Å². The van der Waals surface area contributed by atoms with Gasteiger partial charge in [-0.25, -0.2) is 4.98 Å². The molecule has 0 aliphatic carbocycles. The SMILES string of the molecule is Cc1ncsc1CN(C)C1(CN)CCOCC1. The van der Waals surface area contributed by atoms with Gasteiger partial charge < -0.3 is 10.5 Å². The van der Waals surface area contributed by atoms with Crippen LogP contribution in [0, 0.1) is 6.92 Å². The van der Waals surface area contributed by atoms with Crippen LogP contribution in [-0.4, -0.2) is 42.2 Å². The molecule has 0 aromatic carbocycles. The topological polar surface area (TPSA) is 51.4 Å². The first-order chi connectivity index (χ1) is 8.18. The number of nitrogens with two attached hydrogens (primary N) is 1. The zero-order valence-electron chi connectivity index (χ0n) is 10.6.